The summed E-state index contributed by atoms with van der Waals surface area (Å²) in [6, 6.07) is 0. The summed E-state index contributed by atoms with van der Waals surface area (Å²) in [5.41, 5.74) is -23.6. The van der Waals surface area contributed by atoms with Gasteiger partial charge in [0.25, 0.3) is 11.4 Å². The molecule has 2 heterocycles. The van der Waals surface area contributed by atoms with Crippen molar-refractivity contribution in [3.63, 3.8) is 0 Å². The second-order valence-corrected chi connectivity index (χ2v) is 8.39. The van der Waals surface area contributed by atoms with Gasteiger partial charge in [-0.3, -0.25) is 91.1 Å². The van der Waals surface area contributed by atoms with Crippen molar-refractivity contribution in [3.8, 4) is 0 Å². The molecule has 0 saturated heterocycles. The molecule has 34 nitrogen and oxygen atoms in total. The fraction of sp³-hybridized carbons (Fsp3) is 0. The van der Waals surface area contributed by atoms with Crippen LogP contribution in [0.1, 0.15) is 0 Å². The van der Waals surface area contributed by atoms with Gasteiger partial charge in [0.05, 0.1) is 39.4 Å². The van der Waals surface area contributed by atoms with Crippen molar-refractivity contribution in [2.75, 3.05) is 10.6 Å². The zero-order valence-corrected chi connectivity index (χ0v) is 22.9. The van der Waals surface area contributed by atoms with Crippen LogP contribution in [0.3, 0.4) is 0 Å². The molecule has 4 aromatic rings. The standard InChI is InChI=1S/C16H6N18O16/c35-27(36)7-3(21-15-17-1-19-25-15)8(28(37)38)12(32(45)46)5(11(7)31(43)44)23-24-6-13(33(47)48)9(29(39)40)4(22-16-18-2-20-26-16)10(30(41)42)14(6)34(49)50/h1-2H,(H2,17,19,21,25)(H2,18,20,22,26). The Hall–Kier alpha value is -8.88. The number of aromatic amines is 2. The molecule has 0 aliphatic carbocycles. The molecular formula is C16H6N18O16. The van der Waals surface area contributed by atoms with E-state index in [0.717, 1.165) is 12.7 Å². The Balaban J connectivity index is 2.25. The second-order valence-electron chi connectivity index (χ2n) is 8.39. The van der Waals surface area contributed by atoms with Crippen LogP contribution in [-0.2, 0) is 0 Å². The Kier molecular flexibility index (Phi) is 8.74. The number of azo groups is 1. The van der Waals surface area contributed by atoms with E-state index in [1.165, 1.54) is 0 Å². The molecule has 0 radical (unpaired) electrons. The minimum absolute atomic E-state index is 0.765. The number of H-pyrrole nitrogens is 2. The van der Waals surface area contributed by atoms with Crippen LogP contribution in [0.25, 0.3) is 0 Å². The summed E-state index contributed by atoms with van der Waals surface area (Å²) in [5.74, 6) is -1.53. The summed E-state index contributed by atoms with van der Waals surface area (Å²) in [4.78, 5) is 89.8. The molecule has 34 heteroatoms. The van der Waals surface area contributed by atoms with E-state index in [0.29, 0.717) is 0 Å². The lowest BCUT2D eigenvalue weighted by atomic mass is 10.1. The Morgan fingerprint density at radius 2 is 0.680 bits per heavy atom. The van der Waals surface area contributed by atoms with Crippen molar-refractivity contribution in [2.45, 2.75) is 0 Å². The Morgan fingerprint density at radius 3 is 0.860 bits per heavy atom. The first-order chi connectivity index (χ1) is 23.5. The number of hydrogen-bond donors (Lipinski definition) is 4. The van der Waals surface area contributed by atoms with Crippen molar-refractivity contribution < 1.29 is 39.4 Å². The summed E-state index contributed by atoms with van der Waals surface area (Å²) in [6.45, 7) is 0. The quantitative estimate of drug-likeness (QED) is 0.0830. The number of nitrogens with one attached hydrogen (secondary N) is 4. The molecule has 2 aromatic carbocycles. The van der Waals surface area contributed by atoms with E-state index in [1.807, 2.05) is 10.6 Å². The van der Waals surface area contributed by atoms with Crippen LogP contribution in [0.15, 0.2) is 22.9 Å². The van der Waals surface area contributed by atoms with Crippen molar-refractivity contribution in [1.82, 2.24) is 30.4 Å². The Labute approximate surface area is 265 Å². The molecule has 0 amide bonds. The van der Waals surface area contributed by atoms with Gasteiger partial charge in [0, 0.05) is 0 Å². The third-order valence-electron chi connectivity index (χ3n) is 5.76. The first kappa shape index (κ1) is 34.0. The van der Waals surface area contributed by atoms with E-state index in [9.17, 15) is 80.9 Å². The van der Waals surface area contributed by atoms with Gasteiger partial charge in [0.1, 0.15) is 12.7 Å². The van der Waals surface area contributed by atoms with E-state index in [4.69, 9.17) is 0 Å². The van der Waals surface area contributed by atoms with E-state index in [1.54, 1.807) is 0 Å². The summed E-state index contributed by atoms with van der Waals surface area (Å²) >= 11 is 0. The van der Waals surface area contributed by atoms with Crippen molar-refractivity contribution in [2.24, 2.45) is 10.2 Å². The van der Waals surface area contributed by atoms with E-state index < -0.39 is 120 Å². The molecule has 4 N–H and O–H groups in total. The zero-order valence-electron chi connectivity index (χ0n) is 22.9. The molecule has 4 rings (SSSR count). The van der Waals surface area contributed by atoms with Gasteiger partial charge in [-0.15, -0.1) is 20.4 Å². The first-order valence-corrected chi connectivity index (χ1v) is 11.8. The number of rotatable bonds is 14. The maximum absolute atomic E-state index is 12.1. The number of aromatic nitrogens is 6. The Bertz CT molecular complexity index is 1940. The molecule has 0 atom stereocenters. The predicted molar refractivity (Wildman–Crippen MR) is 150 cm³/mol. The van der Waals surface area contributed by atoms with Crippen LogP contribution in [-0.4, -0.2) is 69.7 Å². The Morgan fingerprint density at radius 1 is 0.440 bits per heavy atom. The first-order valence-electron chi connectivity index (χ1n) is 11.8. The summed E-state index contributed by atoms with van der Waals surface area (Å²) in [6.07, 6.45) is 1.60. The van der Waals surface area contributed by atoms with Crippen molar-refractivity contribution in [1.29, 1.82) is 0 Å². The minimum atomic E-state index is -2.11. The molecule has 0 unspecified atom stereocenters. The third kappa shape index (κ3) is 5.90. The number of nitro benzene ring substituents is 8. The smallest absolute Gasteiger partial charge is 0.311 e. The average molecular weight is 706 g/mol. The average Bonchev–Trinajstić information content (AvgIpc) is 3.72. The molecule has 0 saturated carbocycles. The zero-order chi connectivity index (χ0) is 37.2. The summed E-state index contributed by atoms with van der Waals surface area (Å²) in [5, 5.41) is 117. The molecule has 256 valence electrons. The molecule has 0 aliphatic heterocycles. The number of nitro groups is 8. The highest BCUT2D eigenvalue weighted by atomic mass is 16.7. The lowest BCUT2D eigenvalue weighted by Gasteiger charge is -2.09. The lowest BCUT2D eigenvalue weighted by molar-refractivity contribution is -0.432. The number of nitrogens with zero attached hydrogens (tertiary/aromatic N) is 14. The number of anilines is 4. The van der Waals surface area contributed by atoms with Crippen molar-refractivity contribution in [3.05, 3.63) is 93.6 Å². The summed E-state index contributed by atoms with van der Waals surface area (Å²) < 4.78 is 0. The molecule has 2 aromatic heterocycles. The van der Waals surface area contributed by atoms with Crippen LogP contribution >= 0.6 is 0 Å². The highest BCUT2D eigenvalue weighted by molar-refractivity contribution is 5.98. The van der Waals surface area contributed by atoms with Crippen LogP contribution in [0.5, 0.6) is 0 Å². The predicted octanol–water partition coefficient (Wildman–Crippen LogP) is 3.09. The SMILES string of the molecule is O=[N+]([O-])c1c(N=Nc2c([N+](=O)[O-])c([N+](=O)[O-])c(Nc3nc[nH]n3)c([N+](=O)[O-])c2[N+](=O)[O-])c([N+](=O)[O-])c([N+](=O)[O-])c(Nc2nc[nH]n2)c1[N+](=O)[O-]. The molecule has 0 aliphatic rings. The minimum Gasteiger partial charge on any atom is -0.311 e. The molecule has 50 heavy (non-hydrogen) atoms. The molecule has 0 spiro atoms. The van der Waals surface area contributed by atoms with Crippen molar-refractivity contribution >= 4 is 80.1 Å². The van der Waals surface area contributed by atoms with E-state index in [-0.39, 0.29) is 0 Å². The second kappa shape index (κ2) is 12.9. The fourth-order valence-corrected chi connectivity index (χ4v) is 4.06. The number of benzene rings is 2. The molecule has 0 fully saturated rings. The van der Waals surface area contributed by atoms with E-state index >= 15 is 0 Å². The molecular weight excluding hydrogens is 700 g/mol. The highest BCUT2D eigenvalue weighted by Gasteiger charge is 2.52. The highest BCUT2D eigenvalue weighted by Crippen LogP contribution is 2.58. The van der Waals surface area contributed by atoms with Gasteiger partial charge in [-0.1, -0.05) is 0 Å². The third-order valence-corrected chi connectivity index (χ3v) is 5.76. The van der Waals surface area contributed by atoms with Crippen LogP contribution in [0, 0.1) is 80.9 Å². The monoisotopic (exact) mass is 706 g/mol. The number of hydrogen-bond acceptors (Lipinski definition) is 24. The van der Waals surface area contributed by atoms with Crippen LogP contribution in [0.2, 0.25) is 0 Å². The topological polar surface area (TPSA) is 477 Å². The lowest BCUT2D eigenvalue weighted by Crippen LogP contribution is -2.09. The van der Waals surface area contributed by atoms with Gasteiger partial charge in [0.2, 0.25) is 23.3 Å². The maximum atomic E-state index is 12.1. The van der Waals surface area contributed by atoms with E-state index in [2.05, 4.69) is 40.6 Å². The summed E-state index contributed by atoms with van der Waals surface area (Å²) in [7, 11) is 0. The van der Waals surface area contributed by atoms with Gasteiger partial charge in [0.15, 0.2) is 0 Å². The largest absolute Gasteiger partial charge is 0.383 e. The maximum Gasteiger partial charge on any atom is 0.383 e. The van der Waals surface area contributed by atoms with Gasteiger partial charge >= 0.3 is 45.5 Å². The molecule has 0 bridgehead atoms. The fourth-order valence-electron chi connectivity index (χ4n) is 4.06. The van der Waals surface area contributed by atoms with Gasteiger partial charge in [-0.25, -0.2) is 9.97 Å². The van der Waals surface area contributed by atoms with Gasteiger partial charge in [-0.05, 0) is 0 Å². The van der Waals surface area contributed by atoms with Crippen LogP contribution < -0.4 is 10.6 Å². The van der Waals surface area contributed by atoms with Gasteiger partial charge in [-0.2, -0.15) is 0 Å². The normalized spacial score (nSPS) is 10.8. The van der Waals surface area contributed by atoms with Gasteiger partial charge < -0.3 is 10.6 Å². The van der Waals surface area contributed by atoms with Crippen LogP contribution in [0.4, 0.5) is 80.1 Å².